The number of methoxy groups -OCH3 is 1. The number of piperidine rings is 1. The van der Waals surface area contributed by atoms with Crippen LogP contribution >= 0.6 is 0 Å². The third-order valence-corrected chi connectivity index (χ3v) is 6.49. The van der Waals surface area contributed by atoms with E-state index in [9.17, 15) is 14.9 Å². The average Bonchev–Trinajstić information content (AvgIpc) is 2.82. The van der Waals surface area contributed by atoms with E-state index in [0.29, 0.717) is 29.0 Å². The Hall–Kier alpha value is -3.09. The van der Waals surface area contributed by atoms with Crippen LogP contribution < -0.4 is 9.47 Å². The molecule has 7 nitrogen and oxygen atoms in total. The zero-order valence-corrected chi connectivity index (χ0v) is 17.8. The van der Waals surface area contributed by atoms with Gasteiger partial charge in [-0.25, -0.2) is 0 Å². The van der Waals surface area contributed by atoms with E-state index in [1.165, 1.54) is 37.8 Å². The number of amides is 1. The van der Waals surface area contributed by atoms with Crippen molar-refractivity contribution >= 4 is 11.6 Å². The Balaban J connectivity index is 1.53. The van der Waals surface area contributed by atoms with Crippen molar-refractivity contribution < 1.29 is 19.2 Å². The maximum atomic E-state index is 13.0. The maximum Gasteiger partial charge on any atom is 0.270 e. The number of carbonyl (C=O) groups excluding carboxylic acids is 1. The van der Waals surface area contributed by atoms with Crippen molar-refractivity contribution in [3.63, 3.8) is 0 Å². The second kappa shape index (κ2) is 9.37. The molecule has 164 valence electrons. The van der Waals surface area contributed by atoms with Crippen LogP contribution in [0.25, 0.3) is 11.1 Å². The summed E-state index contributed by atoms with van der Waals surface area (Å²) in [5.74, 6) is 1.76. The van der Waals surface area contributed by atoms with Crippen LogP contribution in [0.1, 0.15) is 38.5 Å². The lowest BCUT2D eigenvalue weighted by Gasteiger charge is -2.44. The monoisotopic (exact) mass is 424 g/mol. The van der Waals surface area contributed by atoms with E-state index >= 15 is 0 Å². The molecule has 0 unspecified atom stereocenters. The molecule has 1 amide bonds. The minimum absolute atomic E-state index is 0.00404. The van der Waals surface area contributed by atoms with Gasteiger partial charge in [-0.15, -0.1) is 0 Å². The van der Waals surface area contributed by atoms with Crippen molar-refractivity contribution in [3.05, 3.63) is 52.6 Å². The van der Waals surface area contributed by atoms with E-state index in [4.69, 9.17) is 9.47 Å². The van der Waals surface area contributed by atoms with Crippen LogP contribution in [-0.4, -0.2) is 42.0 Å². The largest absolute Gasteiger partial charge is 0.497 e. The summed E-state index contributed by atoms with van der Waals surface area (Å²) in [6.45, 7) is 0.721. The van der Waals surface area contributed by atoms with Crippen molar-refractivity contribution in [3.8, 4) is 22.6 Å². The molecular formula is C24H28N2O5. The molecule has 1 aliphatic heterocycles. The number of non-ortho nitro benzene ring substituents is 1. The fourth-order valence-corrected chi connectivity index (χ4v) is 4.91. The van der Waals surface area contributed by atoms with Crippen LogP contribution in [0.3, 0.4) is 0 Å². The first kappa shape index (κ1) is 21.2. The van der Waals surface area contributed by atoms with E-state index in [1.54, 1.807) is 25.3 Å². The van der Waals surface area contributed by atoms with Crippen molar-refractivity contribution in [1.82, 2.24) is 4.90 Å². The topological polar surface area (TPSA) is 81.9 Å². The molecule has 2 aromatic rings. The molecule has 2 aromatic carbocycles. The van der Waals surface area contributed by atoms with Crippen molar-refractivity contribution in [2.75, 3.05) is 20.3 Å². The van der Waals surface area contributed by atoms with E-state index < -0.39 is 4.92 Å². The van der Waals surface area contributed by atoms with Crippen molar-refractivity contribution in [2.45, 2.75) is 44.6 Å². The second-order valence-electron chi connectivity index (χ2n) is 8.30. The molecule has 1 saturated carbocycles. The lowest BCUT2D eigenvalue weighted by Crippen LogP contribution is -2.51. The van der Waals surface area contributed by atoms with Gasteiger partial charge in [-0.3, -0.25) is 14.9 Å². The number of carbonyl (C=O) groups is 1. The van der Waals surface area contributed by atoms with Crippen LogP contribution in [0.15, 0.2) is 42.5 Å². The molecule has 7 heteroatoms. The molecule has 31 heavy (non-hydrogen) atoms. The zero-order chi connectivity index (χ0) is 21.8. The number of hydrogen-bond donors (Lipinski definition) is 0. The highest BCUT2D eigenvalue weighted by atomic mass is 16.6. The molecular weight excluding hydrogens is 396 g/mol. The molecule has 2 fully saturated rings. The number of fused-ring (bicyclic) bond motifs is 1. The standard InChI is InChI=1S/C24H28N2O5/c1-30-20-11-8-17(9-12-20)21-15-19(26(28)29)10-13-23(21)31-16-24(27)25-14-4-6-18-5-2-3-7-22(18)25/h8-13,15,18,22H,2-7,14,16H2,1H3/t18-,22-/m1/s1. The van der Waals surface area contributed by atoms with E-state index in [-0.39, 0.29) is 18.2 Å². The van der Waals surface area contributed by atoms with Gasteiger partial charge in [0, 0.05) is 30.3 Å². The van der Waals surface area contributed by atoms with Crippen LogP contribution in [-0.2, 0) is 4.79 Å². The number of hydrogen-bond acceptors (Lipinski definition) is 5. The molecule has 0 N–H and O–H groups in total. The van der Waals surface area contributed by atoms with Crippen molar-refractivity contribution in [1.29, 1.82) is 0 Å². The van der Waals surface area contributed by atoms with Gasteiger partial charge in [0.1, 0.15) is 11.5 Å². The van der Waals surface area contributed by atoms with E-state index in [0.717, 1.165) is 24.9 Å². The van der Waals surface area contributed by atoms with Gasteiger partial charge in [0.05, 0.1) is 12.0 Å². The lowest BCUT2D eigenvalue weighted by molar-refractivity contribution is -0.384. The Morgan fingerprint density at radius 2 is 1.84 bits per heavy atom. The third kappa shape index (κ3) is 4.65. The quantitative estimate of drug-likeness (QED) is 0.490. The number of nitro benzene ring substituents is 1. The van der Waals surface area contributed by atoms with Gasteiger partial charge in [-0.1, -0.05) is 25.0 Å². The highest BCUT2D eigenvalue weighted by molar-refractivity contribution is 5.79. The minimum Gasteiger partial charge on any atom is -0.497 e. The summed E-state index contributed by atoms with van der Waals surface area (Å²) < 4.78 is 11.1. The summed E-state index contributed by atoms with van der Waals surface area (Å²) in [4.78, 5) is 25.9. The van der Waals surface area contributed by atoms with Crippen LogP contribution in [0.4, 0.5) is 5.69 Å². The number of nitro groups is 1. The summed E-state index contributed by atoms with van der Waals surface area (Å²) in [7, 11) is 1.58. The Labute approximate surface area is 182 Å². The summed E-state index contributed by atoms with van der Waals surface area (Å²) >= 11 is 0. The highest BCUT2D eigenvalue weighted by Gasteiger charge is 2.35. The predicted octanol–water partition coefficient (Wildman–Crippen LogP) is 4.83. The molecule has 1 saturated heterocycles. The van der Waals surface area contributed by atoms with Gasteiger partial charge in [-0.05, 0) is 55.4 Å². The van der Waals surface area contributed by atoms with Crippen molar-refractivity contribution in [2.24, 2.45) is 5.92 Å². The Bertz CT molecular complexity index is 941. The summed E-state index contributed by atoms with van der Waals surface area (Å²) in [5, 5.41) is 11.3. The number of rotatable bonds is 6. The molecule has 1 heterocycles. The summed E-state index contributed by atoms with van der Waals surface area (Å²) in [6, 6.07) is 12.0. The van der Waals surface area contributed by atoms with E-state index in [2.05, 4.69) is 0 Å². The Morgan fingerprint density at radius 1 is 1.10 bits per heavy atom. The number of benzene rings is 2. The maximum absolute atomic E-state index is 13.0. The molecule has 1 aliphatic carbocycles. The first-order valence-electron chi connectivity index (χ1n) is 10.9. The number of likely N-dealkylation sites (tertiary alicyclic amines) is 1. The molecule has 0 spiro atoms. The molecule has 2 aliphatic rings. The van der Waals surface area contributed by atoms with Crippen LogP contribution in [0.2, 0.25) is 0 Å². The molecule has 2 atom stereocenters. The van der Waals surface area contributed by atoms with Crippen LogP contribution in [0.5, 0.6) is 11.5 Å². The molecule has 0 aromatic heterocycles. The Kier molecular flexibility index (Phi) is 6.39. The highest BCUT2D eigenvalue weighted by Crippen LogP contribution is 2.36. The third-order valence-electron chi connectivity index (χ3n) is 6.49. The Morgan fingerprint density at radius 3 is 2.58 bits per heavy atom. The zero-order valence-electron chi connectivity index (χ0n) is 17.8. The number of nitrogens with zero attached hydrogens (tertiary/aromatic N) is 2. The fourth-order valence-electron chi connectivity index (χ4n) is 4.91. The fraction of sp³-hybridized carbons (Fsp3) is 0.458. The van der Waals surface area contributed by atoms with Gasteiger partial charge in [-0.2, -0.15) is 0 Å². The van der Waals surface area contributed by atoms with E-state index in [1.807, 2.05) is 17.0 Å². The van der Waals surface area contributed by atoms with Gasteiger partial charge in [0.2, 0.25) is 0 Å². The van der Waals surface area contributed by atoms with Gasteiger partial charge < -0.3 is 14.4 Å². The smallest absolute Gasteiger partial charge is 0.270 e. The van der Waals surface area contributed by atoms with Gasteiger partial charge >= 0.3 is 0 Å². The summed E-state index contributed by atoms with van der Waals surface area (Å²) in [6.07, 6.45) is 6.97. The predicted molar refractivity (Wildman–Crippen MR) is 117 cm³/mol. The molecule has 4 rings (SSSR count). The van der Waals surface area contributed by atoms with Gasteiger partial charge in [0.25, 0.3) is 11.6 Å². The molecule has 0 bridgehead atoms. The second-order valence-corrected chi connectivity index (χ2v) is 8.30. The number of ether oxygens (including phenoxy) is 2. The SMILES string of the molecule is COc1ccc(-c2cc([N+](=O)[O-])ccc2OCC(=O)N2CCC[C@H]3CCCC[C@H]32)cc1. The first-order chi connectivity index (χ1) is 15.1. The average molecular weight is 424 g/mol. The normalized spacial score (nSPS) is 20.6. The summed E-state index contributed by atoms with van der Waals surface area (Å²) in [5.41, 5.74) is 1.32. The van der Waals surface area contributed by atoms with Gasteiger partial charge in [0.15, 0.2) is 6.61 Å². The molecule has 0 radical (unpaired) electrons. The minimum atomic E-state index is -0.432. The first-order valence-corrected chi connectivity index (χ1v) is 10.9. The lowest BCUT2D eigenvalue weighted by atomic mass is 9.78. The van der Waals surface area contributed by atoms with Crippen LogP contribution in [0, 0.1) is 16.0 Å².